The van der Waals surface area contributed by atoms with Crippen molar-refractivity contribution in [2.24, 2.45) is 0 Å². The van der Waals surface area contributed by atoms with Gasteiger partial charge in [-0.3, -0.25) is 4.79 Å². The van der Waals surface area contributed by atoms with Gasteiger partial charge < -0.3 is 10.7 Å². The van der Waals surface area contributed by atoms with E-state index in [-0.39, 0.29) is 5.56 Å². The number of fused-ring (bicyclic) bond motifs is 1. The number of halogens is 1. The van der Waals surface area contributed by atoms with Crippen LogP contribution in [-0.2, 0) is 0 Å². The summed E-state index contributed by atoms with van der Waals surface area (Å²) in [6.45, 7) is 1.87. The molecule has 0 unspecified atom stereocenters. The number of hydrogen-bond donors (Lipinski definition) is 2. The molecule has 2 rings (SSSR count). The zero-order chi connectivity index (χ0) is 10.3. The van der Waals surface area contributed by atoms with Crippen LogP contribution < -0.4 is 11.3 Å². The van der Waals surface area contributed by atoms with E-state index in [1.165, 1.54) is 6.07 Å². The number of aromatic amines is 1. The van der Waals surface area contributed by atoms with E-state index in [1.807, 2.05) is 6.92 Å². The largest absolute Gasteiger partial charge is 0.398 e. The van der Waals surface area contributed by atoms with Gasteiger partial charge in [0.05, 0.1) is 16.2 Å². The summed E-state index contributed by atoms with van der Waals surface area (Å²) in [7, 11) is 0. The minimum absolute atomic E-state index is 0.129. The van der Waals surface area contributed by atoms with E-state index in [0.717, 1.165) is 10.9 Å². The van der Waals surface area contributed by atoms with Crippen molar-refractivity contribution in [3.05, 3.63) is 39.1 Å². The molecule has 72 valence electrons. The fourth-order valence-electron chi connectivity index (χ4n) is 1.46. The second kappa shape index (κ2) is 3.03. The van der Waals surface area contributed by atoms with Crippen LogP contribution in [0.25, 0.3) is 10.9 Å². The molecule has 0 radical (unpaired) electrons. The highest BCUT2D eigenvalue weighted by atomic mass is 35.5. The molecular weight excluding hydrogens is 200 g/mol. The lowest BCUT2D eigenvalue weighted by Gasteiger charge is -2.04. The molecule has 1 aromatic heterocycles. The monoisotopic (exact) mass is 208 g/mol. The number of aryl methyl sites for hydroxylation is 1. The van der Waals surface area contributed by atoms with E-state index < -0.39 is 0 Å². The predicted molar refractivity (Wildman–Crippen MR) is 58.7 cm³/mol. The van der Waals surface area contributed by atoms with E-state index in [2.05, 4.69) is 4.98 Å². The summed E-state index contributed by atoms with van der Waals surface area (Å²) in [5.74, 6) is 0. The molecule has 3 nitrogen and oxygen atoms in total. The molecule has 3 N–H and O–H groups in total. The van der Waals surface area contributed by atoms with Crippen molar-refractivity contribution in [2.45, 2.75) is 6.92 Å². The van der Waals surface area contributed by atoms with Crippen LogP contribution in [0, 0.1) is 6.92 Å². The average molecular weight is 209 g/mol. The zero-order valence-corrected chi connectivity index (χ0v) is 8.35. The molecule has 0 saturated heterocycles. The van der Waals surface area contributed by atoms with Crippen LogP contribution >= 0.6 is 11.6 Å². The third-order valence-electron chi connectivity index (χ3n) is 2.17. The topological polar surface area (TPSA) is 58.9 Å². The Hall–Kier alpha value is -1.48. The summed E-state index contributed by atoms with van der Waals surface area (Å²) in [6, 6.07) is 4.97. The first-order valence-corrected chi connectivity index (χ1v) is 4.54. The first-order valence-electron chi connectivity index (χ1n) is 4.16. The first kappa shape index (κ1) is 9.09. The lowest BCUT2D eigenvalue weighted by molar-refractivity contribution is 1.28. The second-order valence-corrected chi connectivity index (χ2v) is 3.64. The molecular formula is C10H9ClN2O. The Kier molecular flexibility index (Phi) is 1.97. The Morgan fingerprint density at radius 1 is 1.36 bits per heavy atom. The molecule has 1 aromatic carbocycles. The van der Waals surface area contributed by atoms with Crippen LogP contribution in [0.3, 0.4) is 0 Å². The average Bonchev–Trinajstić information content (AvgIpc) is 2.08. The van der Waals surface area contributed by atoms with Crippen LogP contribution in [0.5, 0.6) is 0 Å². The summed E-state index contributed by atoms with van der Waals surface area (Å²) in [4.78, 5) is 13.9. The first-order chi connectivity index (χ1) is 6.58. The third-order valence-corrected chi connectivity index (χ3v) is 2.49. The van der Waals surface area contributed by atoms with E-state index in [0.29, 0.717) is 16.2 Å². The molecule has 0 fully saturated rings. The van der Waals surface area contributed by atoms with Crippen molar-refractivity contribution >= 4 is 28.2 Å². The van der Waals surface area contributed by atoms with Crippen molar-refractivity contribution < 1.29 is 0 Å². The molecule has 14 heavy (non-hydrogen) atoms. The van der Waals surface area contributed by atoms with Crippen molar-refractivity contribution in [3.8, 4) is 0 Å². The van der Waals surface area contributed by atoms with E-state index >= 15 is 0 Å². The maximum Gasteiger partial charge on any atom is 0.248 e. The molecule has 1 heterocycles. The van der Waals surface area contributed by atoms with Gasteiger partial charge >= 0.3 is 0 Å². The molecule has 0 bridgehead atoms. The fraction of sp³-hybridized carbons (Fsp3) is 0.100. The van der Waals surface area contributed by atoms with Crippen molar-refractivity contribution in [3.63, 3.8) is 0 Å². The highest BCUT2D eigenvalue weighted by molar-refractivity contribution is 6.33. The molecule has 0 spiro atoms. The van der Waals surface area contributed by atoms with Crippen LogP contribution in [0.4, 0.5) is 5.69 Å². The minimum Gasteiger partial charge on any atom is -0.398 e. The van der Waals surface area contributed by atoms with Crippen LogP contribution in [-0.4, -0.2) is 4.98 Å². The number of nitrogens with two attached hydrogens (primary N) is 1. The van der Waals surface area contributed by atoms with Crippen LogP contribution in [0.1, 0.15) is 5.56 Å². The maximum absolute atomic E-state index is 11.2. The van der Waals surface area contributed by atoms with Gasteiger partial charge in [0, 0.05) is 11.5 Å². The summed E-state index contributed by atoms with van der Waals surface area (Å²) in [5, 5.41) is 1.38. The number of nitrogen functional groups attached to an aromatic ring is 1. The predicted octanol–water partition coefficient (Wildman–Crippen LogP) is 2.07. The van der Waals surface area contributed by atoms with Gasteiger partial charge in [-0.2, -0.15) is 0 Å². The summed E-state index contributed by atoms with van der Waals surface area (Å²) in [5.41, 5.74) is 7.67. The number of nitrogens with one attached hydrogen (secondary N) is 1. The molecule has 0 saturated carbocycles. The molecule has 2 aromatic rings. The van der Waals surface area contributed by atoms with E-state index in [4.69, 9.17) is 17.3 Å². The number of hydrogen-bond acceptors (Lipinski definition) is 2. The fourth-order valence-corrected chi connectivity index (χ4v) is 1.63. The van der Waals surface area contributed by atoms with Gasteiger partial charge in [-0.25, -0.2) is 0 Å². The van der Waals surface area contributed by atoms with Crippen LogP contribution in [0.2, 0.25) is 5.02 Å². The molecule has 4 heteroatoms. The highest BCUT2D eigenvalue weighted by Gasteiger charge is 2.03. The molecule has 0 aliphatic rings. The lowest BCUT2D eigenvalue weighted by atomic mass is 10.1. The smallest absolute Gasteiger partial charge is 0.248 e. The minimum atomic E-state index is -0.129. The number of benzene rings is 1. The molecule has 0 amide bonds. The Morgan fingerprint density at radius 2 is 2.07 bits per heavy atom. The Morgan fingerprint density at radius 3 is 2.79 bits per heavy atom. The van der Waals surface area contributed by atoms with Gasteiger partial charge in [0.2, 0.25) is 5.56 Å². The Labute approximate surface area is 85.5 Å². The number of H-pyrrole nitrogens is 1. The van der Waals surface area contributed by atoms with Gasteiger partial charge in [-0.05, 0) is 24.6 Å². The summed E-state index contributed by atoms with van der Waals surface area (Å²) < 4.78 is 0. The molecule has 0 atom stereocenters. The van der Waals surface area contributed by atoms with Crippen molar-refractivity contribution in [1.82, 2.24) is 4.98 Å². The third kappa shape index (κ3) is 1.36. The lowest BCUT2D eigenvalue weighted by Crippen LogP contribution is -2.05. The molecule has 0 aliphatic carbocycles. The zero-order valence-electron chi connectivity index (χ0n) is 7.60. The van der Waals surface area contributed by atoms with Gasteiger partial charge in [0.25, 0.3) is 0 Å². The van der Waals surface area contributed by atoms with Crippen LogP contribution in [0.15, 0.2) is 23.0 Å². The normalized spacial score (nSPS) is 10.7. The van der Waals surface area contributed by atoms with Crippen molar-refractivity contribution in [2.75, 3.05) is 5.73 Å². The SMILES string of the molecule is Cc1cc(=O)[nH]c2cc(Cl)c(N)cc12. The van der Waals surface area contributed by atoms with Crippen molar-refractivity contribution in [1.29, 1.82) is 0 Å². The van der Waals surface area contributed by atoms with E-state index in [9.17, 15) is 4.79 Å². The summed E-state index contributed by atoms with van der Waals surface area (Å²) in [6.07, 6.45) is 0. The Bertz CT molecular complexity index is 560. The Balaban J connectivity index is 2.96. The number of aromatic nitrogens is 1. The van der Waals surface area contributed by atoms with Gasteiger partial charge in [0.1, 0.15) is 0 Å². The molecule has 0 aliphatic heterocycles. The standard InChI is InChI=1S/C10H9ClN2O/c1-5-2-10(14)13-9-4-7(11)8(12)3-6(5)9/h2-4H,12H2,1H3,(H,13,14). The number of pyridine rings is 1. The van der Waals surface area contributed by atoms with Gasteiger partial charge in [0.15, 0.2) is 0 Å². The van der Waals surface area contributed by atoms with Gasteiger partial charge in [-0.15, -0.1) is 0 Å². The maximum atomic E-state index is 11.2. The summed E-state index contributed by atoms with van der Waals surface area (Å²) >= 11 is 5.85. The van der Waals surface area contributed by atoms with E-state index in [1.54, 1.807) is 12.1 Å². The second-order valence-electron chi connectivity index (χ2n) is 3.24. The number of rotatable bonds is 0. The number of anilines is 1. The highest BCUT2D eigenvalue weighted by Crippen LogP contribution is 2.25. The quantitative estimate of drug-likeness (QED) is 0.652. The van der Waals surface area contributed by atoms with Gasteiger partial charge in [-0.1, -0.05) is 11.6 Å².